The van der Waals surface area contributed by atoms with Crippen LogP contribution in [0.1, 0.15) is 10.4 Å². The lowest BCUT2D eigenvalue weighted by atomic mass is 10.1. The van der Waals surface area contributed by atoms with Gasteiger partial charge in [-0.3, -0.25) is 4.79 Å². The first-order valence-electron chi connectivity index (χ1n) is 4.14. The van der Waals surface area contributed by atoms with Gasteiger partial charge in [-0.2, -0.15) is 0 Å². The molecule has 0 radical (unpaired) electrons. The maximum Gasteiger partial charge on any atom is 0.350 e. The molecule has 0 saturated carbocycles. The van der Waals surface area contributed by atoms with Crippen molar-refractivity contribution in [1.82, 2.24) is 0 Å². The summed E-state index contributed by atoms with van der Waals surface area (Å²) < 4.78 is 17.7. The SMILES string of the molecule is O=Cc1c(O)c2cc(F)cc(Cl)c2oc1=O. The zero-order valence-electron chi connectivity index (χ0n) is 7.66. The Morgan fingerprint density at radius 1 is 1.44 bits per heavy atom. The number of hydrogen-bond donors (Lipinski definition) is 1. The van der Waals surface area contributed by atoms with Crippen LogP contribution in [-0.4, -0.2) is 11.4 Å². The Morgan fingerprint density at radius 3 is 2.75 bits per heavy atom. The molecule has 6 heteroatoms. The molecule has 0 atom stereocenters. The van der Waals surface area contributed by atoms with Crippen LogP contribution in [0.3, 0.4) is 0 Å². The van der Waals surface area contributed by atoms with Crippen molar-refractivity contribution >= 4 is 28.9 Å². The third-order valence-corrected chi connectivity index (χ3v) is 2.33. The van der Waals surface area contributed by atoms with E-state index in [-0.39, 0.29) is 22.3 Å². The highest BCUT2D eigenvalue weighted by atomic mass is 35.5. The van der Waals surface area contributed by atoms with E-state index in [0.29, 0.717) is 0 Å². The topological polar surface area (TPSA) is 67.5 Å². The quantitative estimate of drug-likeness (QED) is 0.614. The van der Waals surface area contributed by atoms with Gasteiger partial charge in [-0.15, -0.1) is 0 Å². The number of hydrogen-bond acceptors (Lipinski definition) is 4. The highest BCUT2D eigenvalue weighted by molar-refractivity contribution is 6.35. The molecule has 16 heavy (non-hydrogen) atoms. The minimum Gasteiger partial charge on any atom is -0.506 e. The molecule has 0 aliphatic heterocycles. The smallest absolute Gasteiger partial charge is 0.350 e. The molecule has 1 aromatic carbocycles. The molecule has 0 saturated heterocycles. The van der Waals surface area contributed by atoms with Crippen molar-refractivity contribution in [1.29, 1.82) is 0 Å². The van der Waals surface area contributed by atoms with Crippen LogP contribution in [0.5, 0.6) is 5.75 Å². The van der Waals surface area contributed by atoms with E-state index in [1.807, 2.05) is 0 Å². The fraction of sp³-hybridized carbons (Fsp3) is 0. The molecule has 1 heterocycles. The molecule has 1 N–H and O–H groups in total. The molecule has 2 rings (SSSR count). The monoisotopic (exact) mass is 242 g/mol. The summed E-state index contributed by atoms with van der Waals surface area (Å²) in [5, 5.41) is 9.29. The number of aromatic hydroxyl groups is 1. The van der Waals surface area contributed by atoms with Gasteiger partial charge in [0.1, 0.15) is 17.1 Å². The maximum atomic E-state index is 13.0. The van der Waals surface area contributed by atoms with E-state index in [4.69, 9.17) is 16.0 Å². The summed E-state index contributed by atoms with van der Waals surface area (Å²) in [4.78, 5) is 21.7. The van der Waals surface area contributed by atoms with E-state index in [0.717, 1.165) is 12.1 Å². The van der Waals surface area contributed by atoms with Crippen LogP contribution in [0.4, 0.5) is 4.39 Å². The van der Waals surface area contributed by atoms with Crippen LogP contribution in [-0.2, 0) is 0 Å². The second-order valence-electron chi connectivity index (χ2n) is 3.03. The molecule has 0 aliphatic rings. The Hall–Kier alpha value is -1.88. The second-order valence-corrected chi connectivity index (χ2v) is 3.44. The third kappa shape index (κ3) is 1.45. The Bertz CT molecular complexity index is 647. The summed E-state index contributed by atoms with van der Waals surface area (Å²) in [6.07, 6.45) is 0.138. The van der Waals surface area contributed by atoms with Gasteiger partial charge in [0.15, 0.2) is 11.9 Å². The average Bonchev–Trinajstić information content (AvgIpc) is 2.21. The molecular weight excluding hydrogens is 239 g/mol. The lowest BCUT2D eigenvalue weighted by molar-refractivity contribution is 0.111. The van der Waals surface area contributed by atoms with Gasteiger partial charge >= 0.3 is 5.63 Å². The van der Waals surface area contributed by atoms with Gasteiger partial charge in [0.05, 0.1) is 10.4 Å². The lowest BCUT2D eigenvalue weighted by Gasteiger charge is -2.03. The summed E-state index contributed by atoms with van der Waals surface area (Å²) >= 11 is 5.63. The molecule has 0 fully saturated rings. The summed E-state index contributed by atoms with van der Waals surface area (Å²) in [5.74, 6) is -1.35. The van der Waals surface area contributed by atoms with Crippen molar-refractivity contribution in [2.75, 3.05) is 0 Å². The van der Waals surface area contributed by atoms with Gasteiger partial charge in [0.2, 0.25) is 0 Å². The molecule has 0 unspecified atom stereocenters. The Morgan fingerprint density at radius 2 is 2.12 bits per heavy atom. The summed E-state index contributed by atoms with van der Waals surface area (Å²) in [6.45, 7) is 0. The average molecular weight is 243 g/mol. The van der Waals surface area contributed by atoms with Gasteiger partial charge in [-0.05, 0) is 12.1 Å². The lowest BCUT2D eigenvalue weighted by Crippen LogP contribution is -2.06. The standard InChI is InChI=1S/C10H4ClFO4/c11-7-2-4(12)1-5-8(14)6(3-13)10(15)16-9(5)7/h1-3,14H. The Balaban J connectivity index is 3.04. The van der Waals surface area contributed by atoms with Gasteiger partial charge in [-0.1, -0.05) is 11.6 Å². The van der Waals surface area contributed by atoms with Crippen molar-refractivity contribution in [2.24, 2.45) is 0 Å². The van der Waals surface area contributed by atoms with Crippen molar-refractivity contribution < 1.29 is 18.7 Å². The Kier molecular flexibility index (Phi) is 2.40. The van der Waals surface area contributed by atoms with Crippen LogP contribution < -0.4 is 5.63 Å². The van der Waals surface area contributed by atoms with Crippen molar-refractivity contribution in [2.45, 2.75) is 0 Å². The van der Waals surface area contributed by atoms with Crippen LogP contribution in [0, 0.1) is 5.82 Å². The molecule has 1 aromatic heterocycles. The highest BCUT2D eigenvalue weighted by Gasteiger charge is 2.16. The number of fused-ring (bicyclic) bond motifs is 1. The summed E-state index contributed by atoms with van der Waals surface area (Å²) in [7, 11) is 0. The van der Waals surface area contributed by atoms with Crippen LogP contribution in [0.25, 0.3) is 11.0 Å². The molecule has 0 aliphatic carbocycles. The third-order valence-electron chi connectivity index (χ3n) is 2.05. The van der Waals surface area contributed by atoms with Gasteiger partial charge in [-0.25, -0.2) is 9.18 Å². The second kappa shape index (κ2) is 3.61. The van der Waals surface area contributed by atoms with Crippen LogP contribution >= 0.6 is 11.6 Å². The number of rotatable bonds is 1. The molecule has 0 amide bonds. The molecule has 0 spiro atoms. The zero-order valence-corrected chi connectivity index (χ0v) is 8.42. The fourth-order valence-electron chi connectivity index (χ4n) is 1.33. The first-order chi connectivity index (χ1) is 7.54. The number of halogens is 2. The van der Waals surface area contributed by atoms with Crippen molar-refractivity contribution in [3.05, 3.63) is 39.0 Å². The van der Waals surface area contributed by atoms with E-state index >= 15 is 0 Å². The first-order valence-corrected chi connectivity index (χ1v) is 4.52. The van der Waals surface area contributed by atoms with Gasteiger partial charge < -0.3 is 9.52 Å². The van der Waals surface area contributed by atoms with Gasteiger partial charge in [0.25, 0.3) is 0 Å². The van der Waals surface area contributed by atoms with E-state index in [9.17, 15) is 19.1 Å². The predicted molar refractivity (Wildman–Crippen MR) is 54.5 cm³/mol. The molecule has 82 valence electrons. The highest BCUT2D eigenvalue weighted by Crippen LogP contribution is 2.31. The fourth-order valence-corrected chi connectivity index (χ4v) is 1.58. The zero-order chi connectivity index (χ0) is 11.9. The molecule has 4 nitrogen and oxygen atoms in total. The molecule has 0 bridgehead atoms. The minimum absolute atomic E-state index is 0.119. The van der Waals surface area contributed by atoms with Crippen LogP contribution in [0.15, 0.2) is 21.3 Å². The number of aldehydes is 1. The number of carbonyl (C=O) groups is 1. The Labute approximate surface area is 92.9 Å². The van der Waals surface area contributed by atoms with Crippen LogP contribution in [0.2, 0.25) is 5.02 Å². The summed E-state index contributed by atoms with van der Waals surface area (Å²) in [6, 6.07) is 1.86. The van der Waals surface area contributed by atoms with E-state index < -0.39 is 22.8 Å². The van der Waals surface area contributed by atoms with E-state index in [1.54, 1.807) is 0 Å². The normalized spacial score (nSPS) is 10.6. The summed E-state index contributed by atoms with van der Waals surface area (Å²) in [5.41, 5.74) is -1.74. The largest absolute Gasteiger partial charge is 0.506 e. The minimum atomic E-state index is -1.02. The van der Waals surface area contributed by atoms with Crippen molar-refractivity contribution in [3.63, 3.8) is 0 Å². The molecular formula is C10H4ClFO4. The predicted octanol–water partition coefficient (Wildman–Crippen LogP) is 2.10. The number of benzene rings is 1. The van der Waals surface area contributed by atoms with E-state index in [2.05, 4.69) is 0 Å². The van der Waals surface area contributed by atoms with Gasteiger partial charge in [0, 0.05) is 0 Å². The van der Waals surface area contributed by atoms with E-state index in [1.165, 1.54) is 0 Å². The maximum absolute atomic E-state index is 13.0. The number of carbonyl (C=O) groups excluding carboxylic acids is 1. The molecule has 2 aromatic rings. The van der Waals surface area contributed by atoms with Crippen molar-refractivity contribution in [3.8, 4) is 5.75 Å². The first kappa shape index (κ1) is 10.6.